The van der Waals surface area contributed by atoms with Crippen LogP contribution in [0.3, 0.4) is 0 Å². The largest absolute Gasteiger partial charge is 0.475 e. The molecule has 0 unspecified atom stereocenters. The molecule has 332 valence electrons. The molecule has 5 heterocycles. The molecule has 0 amide bonds. The van der Waals surface area contributed by atoms with Gasteiger partial charge in [-0.05, 0) is 118 Å². The van der Waals surface area contributed by atoms with Gasteiger partial charge in [-0.3, -0.25) is 28.2 Å². The summed E-state index contributed by atoms with van der Waals surface area (Å²) >= 11 is 4.02. The van der Waals surface area contributed by atoms with Gasteiger partial charge >= 0.3 is 0 Å². The van der Waals surface area contributed by atoms with E-state index in [1.807, 2.05) is 45.2 Å². The second-order valence-electron chi connectivity index (χ2n) is 15.1. The highest BCUT2D eigenvalue weighted by Gasteiger charge is 2.30. The van der Waals surface area contributed by atoms with E-state index in [9.17, 15) is 45.4 Å². The number of hydrogen-bond donors (Lipinski definition) is 4. The van der Waals surface area contributed by atoms with E-state index >= 15 is 0 Å². The Hall–Kier alpha value is -3.36. The highest BCUT2D eigenvalue weighted by molar-refractivity contribution is 14.1. The SMILES string of the molecule is Cc1c(Cc2ccc(I)cc2F)c(NS(=O)(=O)CCC(CO)CO)c2n(c1=O)CCO2.Cc1c(Cc2ccc(I)cc2F)c(NS(=O)(=O)CCC2COC2)c2n(c1=O)CCO2. The first-order valence-electron chi connectivity index (χ1n) is 19.4. The van der Waals surface area contributed by atoms with Crippen molar-refractivity contribution in [2.75, 3.05) is 60.6 Å². The maximum absolute atomic E-state index is 14.5. The maximum Gasteiger partial charge on any atom is 0.256 e. The van der Waals surface area contributed by atoms with Crippen LogP contribution in [0.15, 0.2) is 46.0 Å². The van der Waals surface area contributed by atoms with Crippen LogP contribution in [0, 0.1) is 44.5 Å². The van der Waals surface area contributed by atoms with Gasteiger partial charge in [-0.15, -0.1) is 0 Å². The predicted molar refractivity (Wildman–Crippen MR) is 242 cm³/mol. The molecule has 1 fully saturated rings. The maximum atomic E-state index is 14.5. The van der Waals surface area contributed by atoms with Gasteiger partial charge in [-0.2, -0.15) is 0 Å². The van der Waals surface area contributed by atoms with Gasteiger partial charge in [0.05, 0.1) is 37.8 Å². The third-order valence-electron chi connectivity index (χ3n) is 10.8. The first-order chi connectivity index (χ1) is 28.9. The Morgan fingerprint density at radius 3 is 1.59 bits per heavy atom. The molecule has 3 aliphatic rings. The first kappa shape index (κ1) is 47.1. The summed E-state index contributed by atoms with van der Waals surface area (Å²) in [6.07, 6.45) is 0.633. The minimum absolute atomic E-state index is 0.00872. The van der Waals surface area contributed by atoms with Crippen molar-refractivity contribution in [3.63, 3.8) is 0 Å². The normalized spacial score (nSPS) is 14.7. The lowest BCUT2D eigenvalue weighted by Crippen LogP contribution is -2.31. The van der Waals surface area contributed by atoms with Crippen molar-refractivity contribution in [1.29, 1.82) is 0 Å². The lowest BCUT2D eigenvalue weighted by molar-refractivity contribution is -0.0327. The average Bonchev–Trinajstić information content (AvgIpc) is 3.89. The summed E-state index contributed by atoms with van der Waals surface area (Å²) in [6, 6.07) is 9.54. The lowest BCUT2D eigenvalue weighted by atomic mass is 10.00. The number of pyridine rings is 2. The zero-order chi connectivity index (χ0) is 44.2. The molecule has 3 aliphatic heterocycles. The van der Waals surface area contributed by atoms with Crippen LogP contribution >= 0.6 is 45.2 Å². The van der Waals surface area contributed by atoms with Gasteiger partial charge in [0.25, 0.3) is 11.1 Å². The van der Waals surface area contributed by atoms with Crippen LogP contribution in [0.2, 0.25) is 0 Å². The van der Waals surface area contributed by atoms with Crippen LogP contribution in [0.1, 0.15) is 46.2 Å². The molecule has 0 saturated carbocycles. The van der Waals surface area contributed by atoms with Crippen molar-refractivity contribution < 1.29 is 50.0 Å². The van der Waals surface area contributed by atoms with Crippen LogP contribution in [0.4, 0.5) is 20.2 Å². The van der Waals surface area contributed by atoms with Crippen molar-refractivity contribution in [2.24, 2.45) is 11.8 Å². The number of benzene rings is 2. The number of anilines is 2. The van der Waals surface area contributed by atoms with E-state index < -0.39 is 37.6 Å². The van der Waals surface area contributed by atoms with Gasteiger partial charge in [-0.25, -0.2) is 25.6 Å². The monoisotopic (exact) mass is 1110 g/mol. The summed E-state index contributed by atoms with van der Waals surface area (Å²) in [5.41, 5.74) is 1.98. The molecule has 0 bridgehead atoms. The van der Waals surface area contributed by atoms with Gasteiger partial charge in [-0.1, -0.05) is 12.1 Å². The van der Waals surface area contributed by atoms with Gasteiger partial charge < -0.3 is 24.4 Å². The van der Waals surface area contributed by atoms with Crippen LogP contribution in [-0.2, 0) is 50.7 Å². The van der Waals surface area contributed by atoms with E-state index in [1.165, 1.54) is 21.3 Å². The Bertz CT molecular complexity index is 2640. The van der Waals surface area contributed by atoms with Crippen molar-refractivity contribution >= 4 is 76.6 Å². The minimum Gasteiger partial charge on any atom is -0.475 e. The van der Waals surface area contributed by atoms with Crippen molar-refractivity contribution in [2.45, 2.75) is 52.6 Å². The Labute approximate surface area is 379 Å². The third-order valence-corrected chi connectivity index (χ3v) is 14.7. The number of hydrogen-bond acceptors (Lipinski definition) is 11. The second kappa shape index (κ2) is 20.0. The third kappa shape index (κ3) is 11.2. The number of rotatable bonds is 16. The van der Waals surface area contributed by atoms with E-state index in [0.717, 1.165) is 7.14 Å². The smallest absolute Gasteiger partial charge is 0.256 e. The van der Waals surface area contributed by atoms with Crippen LogP contribution < -0.4 is 30.0 Å². The summed E-state index contributed by atoms with van der Waals surface area (Å²) < 4.78 is 106. The Morgan fingerprint density at radius 2 is 1.20 bits per heavy atom. The molecular weight excluding hydrogens is 1070 g/mol. The molecule has 61 heavy (non-hydrogen) atoms. The van der Waals surface area contributed by atoms with Gasteiger partial charge in [0, 0.05) is 56.2 Å². The number of nitrogens with zero attached hydrogens (tertiary/aromatic N) is 2. The average molecular weight is 1110 g/mol. The predicted octanol–water partition coefficient (Wildman–Crippen LogP) is 4.28. The highest BCUT2D eigenvalue weighted by atomic mass is 127. The summed E-state index contributed by atoms with van der Waals surface area (Å²) in [4.78, 5) is 25.6. The molecule has 1 saturated heterocycles. The summed E-state index contributed by atoms with van der Waals surface area (Å²) in [5, 5.41) is 18.4. The molecule has 4 aromatic rings. The molecule has 0 radical (unpaired) electrons. The molecular formula is C40H46F2I2N4O11S2. The summed E-state index contributed by atoms with van der Waals surface area (Å²) in [7, 11) is -7.58. The molecule has 7 rings (SSSR count). The van der Waals surface area contributed by atoms with Crippen LogP contribution in [0.5, 0.6) is 11.8 Å². The standard InChI is InChI=1S/C20H24FIN2O6S.C20H22FIN2O5S/c1-12-16(8-14-2-3-15(22)9-17(14)21)18(20-24(19(12)27)5-6-30-20)23-31(28,29)7-4-13(10-25)11-26;1-12-16(8-14-2-3-15(22)9-17(14)21)18(20-24(19(12)25)5-6-29-20)23-30(26,27)7-4-13-10-28-11-13/h2-3,9,13,23,25-26H,4-8,10-11H2,1H3;2-3,9,13,23H,4-8,10-11H2,1H3. The number of aliphatic hydroxyl groups is 2. The van der Waals surface area contributed by atoms with Crippen molar-refractivity contribution in [3.8, 4) is 11.8 Å². The van der Waals surface area contributed by atoms with E-state index in [4.69, 9.17) is 14.2 Å². The minimum atomic E-state index is -3.90. The zero-order valence-electron chi connectivity index (χ0n) is 33.3. The molecule has 0 spiro atoms. The molecule has 21 heteroatoms. The summed E-state index contributed by atoms with van der Waals surface area (Å²) in [5.74, 6) is -1.26. The molecule has 4 N–H and O–H groups in total. The van der Waals surface area contributed by atoms with E-state index in [0.29, 0.717) is 66.1 Å². The number of ether oxygens (including phenoxy) is 3. The molecule has 2 aromatic carbocycles. The van der Waals surface area contributed by atoms with Crippen molar-refractivity contribution in [1.82, 2.24) is 9.13 Å². The molecule has 15 nitrogen and oxygen atoms in total. The van der Waals surface area contributed by atoms with Gasteiger partial charge in [0.15, 0.2) is 0 Å². The fourth-order valence-electron chi connectivity index (χ4n) is 7.04. The van der Waals surface area contributed by atoms with Crippen molar-refractivity contribution in [3.05, 3.63) is 109 Å². The second-order valence-corrected chi connectivity index (χ2v) is 21.2. The Balaban J connectivity index is 0.000000204. The topological polar surface area (TPSA) is 204 Å². The molecule has 2 aromatic heterocycles. The first-order valence-corrected chi connectivity index (χ1v) is 24.8. The fraction of sp³-hybridized carbons (Fsp3) is 0.450. The Morgan fingerprint density at radius 1 is 0.754 bits per heavy atom. The fourth-order valence-corrected chi connectivity index (χ4v) is 10.5. The number of halogens is 4. The van der Waals surface area contributed by atoms with E-state index in [-0.39, 0.29) is 97.4 Å². The molecule has 0 aliphatic carbocycles. The van der Waals surface area contributed by atoms with Crippen LogP contribution in [0.25, 0.3) is 0 Å². The van der Waals surface area contributed by atoms with E-state index in [1.54, 1.807) is 38.1 Å². The lowest BCUT2D eigenvalue weighted by Gasteiger charge is -2.26. The highest BCUT2D eigenvalue weighted by Crippen LogP contribution is 2.36. The zero-order valence-corrected chi connectivity index (χ0v) is 39.3. The summed E-state index contributed by atoms with van der Waals surface area (Å²) in [6.45, 7) is 4.85. The van der Waals surface area contributed by atoms with Crippen LogP contribution in [-0.4, -0.2) is 87.3 Å². The quantitative estimate of drug-likeness (QED) is 0.117. The molecule has 0 atom stereocenters. The van der Waals surface area contributed by atoms with Gasteiger partial charge in [0.2, 0.25) is 31.8 Å². The number of nitrogens with one attached hydrogen (secondary N) is 2. The van der Waals surface area contributed by atoms with Gasteiger partial charge in [0.1, 0.15) is 36.2 Å². The number of aromatic nitrogens is 2. The van der Waals surface area contributed by atoms with E-state index in [2.05, 4.69) is 9.44 Å². The Kier molecular flexibility index (Phi) is 15.4. The number of fused-ring (bicyclic) bond motifs is 2. The number of aliphatic hydroxyl groups excluding tert-OH is 2. The number of sulfonamides is 2.